The Morgan fingerprint density at radius 1 is 1.12 bits per heavy atom. The van der Waals surface area contributed by atoms with Crippen molar-refractivity contribution in [2.45, 2.75) is 33.1 Å². The molecule has 1 aromatic carbocycles. The molecule has 1 aromatic rings. The minimum Gasteiger partial charge on any atom is -0.465 e. The summed E-state index contributed by atoms with van der Waals surface area (Å²) in [6.07, 6.45) is 0.718. The van der Waals surface area contributed by atoms with Crippen molar-refractivity contribution in [2.24, 2.45) is 11.3 Å². The zero-order valence-electron chi connectivity index (χ0n) is 14.8. The summed E-state index contributed by atoms with van der Waals surface area (Å²) in [7, 11) is 0. The Morgan fingerprint density at radius 2 is 1.69 bits per heavy atom. The van der Waals surface area contributed by atoms with Crippen LogP contribution < -0.4 is 0 Å². The van der Waals surface area contributed by atoms with Gasteiger partial charge in [0.25, 0.3) is 0 Å². The molecule has 0 aromatic heterocycles. The molecule has 0 spiro atoms. The van der Waals surface area contributed by atoms with Gasteiger partial charge >= 0.3 is 11.9 Å². The number of benzene rings is 1. The Hall–Kier alpha value is -2.14. The Bertz CT molecular complexity index is 760. The minimum atomic E-state index is -1.36. The van der Waals surface area contributed by atoms with E-state index in [2.05, 4.69) is 0 Å². The predicted octanol–water partition coefficient (Wildman–Crippen LogP) is 3.59. The lowest BCUT2D eigenvalue weighted by atomic mass is 9.83. The first-order chi connectivity index (χ1) is 12.4. The first-order valence-electron chi connectivity index (χ1n) is 8.79. The normalized spacial score (nSPS) is 20.9. The highest BCUT2D eigenvalue weighted by atomic mass is 35.5. The molecule has 5 nitrogen and oxygen atoms in total. The summed E-state index contributed by atoms with van der Waals surface area (Å²) in [6, 6.07) is 7.03. The minimum absolute atomic E-state index is 0.0358. The lowest BCUT2D eigenvalue weighted by Crippen LogP contribution is -2.40. The zero-order chi connectivity index (χ0) is 18.9. The molecule has 1 saturated carbocycles. The van der Waals surface area contributed by atoms with Crippen molar-refractivity contribution in [3.05, 3.63) is 40.4 Å². The number of carbonyl (C=O) groups excluding carboxylic acids is 3. The van der Waals surface area contributed by atoms with Crippen LogP contribution in [-0.4, -0.2) is 30.9 Å². The summed E-state index contributed by atoms with van der Waals surface area (Å²) in [6.45, 7) is 3.78. The van der Waals surface area contributed by atoms with Gasteiger partial charge in [-0.2, -0.15) is 0 Å². The van der Waals surface area contributed by atoms with Gasteiger partial charge in [-0.05, 0) is 50.3 Å². The van der Waals surface area contributed by atoms with Crippen molar-refractivity contribution in [3.8, 4) is 0 Å². The third-order valence-corrected chi connectivity index (χ3v) is 5.33. The van der Waals surface area contributed by atoms with E-state index < -0.39 is 17.4 Å². The molecule has 1 unspecified atom stereocenters. The highest BCUT2D eigenvalue weighted by molar-refractivity contribution is 6.31. The summed E-state index contributed by atoms with van der Waals surface area (Å²) >= 11 is 5.94. The monoisotopic (exact) mass is 376 g/mol. The number of ketones is 1. The highest BCUT2D eigenvalue weighted by Crippen LogP contribution is 2.54. The fourth-order valence-electron chi connectivity index (χ4n) is 3.97. The third kappa shape index (κ3) is 3.05. The Kier molecular flexibility index (Phi) is 5.19. The number of hydrogen-bond acceptors (Lipinski definition) is 5. The number of ether oxygens (including phenoxy) is 2. The maximum atomic E-state index is 12.6. The van der Waals surface area contributed by atoms with Gasteiger partial charge in [0.15, 0.2) is 11.2 Å². The molecule has 0 N–H and O–H groups in total. The SMILES string of the molecule is CCOC(=O)C1(C(=O)OCC)CC2=C(c3ccc(Cl)cc3)C(=O)CC2C1. The molecule has 0 heterocycles. The smallest absolute Gasteiger partial charge is 0.323 e. The second kappa shape index (κ2) is 7.23. The largest absolute Gasteiger partial charge is 0.465 e. The molecule has 0 aliphatic heterocycles. The van der Waals surface area contributed by atoms with E-state index in [-0.39, 0.29) is 37.8 Å². The maximum absolute atomic E-state index is 12.6. The van der Waals surface area contributed by atoms with Gasteiger partial charge in [0.05, 0.1) is 13.2 Å². The van der Waals surface area contributed by atoms with Crippen molar-refractivity contribution < 1.29 is 23.9 Å². The van der Waals surface area contributed by atoms with Gasteiger partial charge < -0.3 is 9.47 Å². The van der Waals surface area contributed by atoms with Crippen LogP contribution in [-0.2, 0) is 23.9 Å². The number of allylic oxidation sites excluding steroid dienone is 2. The topological polar surface area (TPSA) is 69.7 Å². The summed E-state index contributed by atoms with van der Waals surface area (Å²) < 4.78 is 10.4. The van der Waals surface area contributed by atoms with Gasteiger partial charge in [0.1, 0.15) is 0 Å². The molecule has 26 heavy (non-hydrogen) atoms. The number of rotatable bonds is 5. The van der Waals surface area contributed by atoms with Gasteiger partial charge in [-0.25, -0.2) is 0 Å². The predicted molar refractivity (Wildman–Crippen MR) is 96.4 cm³/mol. The average molecular weight is 377 g/mol. The molecule has 1 fully saturated rings. The van der Waals surface area contributed by atoms with E-state index in [1.165, 1.54) is 0 Å². The molecular formula is C20H21ClO5. The molecule has 6 heteroatoms. The van der Waals surface area contributed by atoms with E-state index in [4.69, 9.17) is 21.1 Å². The quantitative estimate of drug-likeness (QED) is 0.580. The number of hydrogen-bond donors (Lipinski definition) is 0. The second-order valence-corrected chi connectivity index (χ2v) is 7.07. The highest BCUT2D eigenvalue weighted by Gasteiger charge is 2.58. The summed E-state index contributed by atoms with van der Waals surface area (Å²) in [5.74, 6) is -1.23. The number of Topliss-reactive ketones (excluding diaryl/α,β-unsaturated/α-hetero) is 1. The van der Waals surface area contributed by atoms with Gasteiger partial charge in [-0.3, -0.25) is 14.4 Å². The van der Waals surface area contributed by atoms with Crippen LogP contribution in [0, 0.1) is 11.3 Å². The molecule has 3 rings (SSSR count). The molecule has 138 valence electrons. The third-order valence-electron chi connectivity index (χ3n) is 5.08. The maximum Gasteiger partial charge on any atom is 0.323 e. The van der Waals surface area contributed by atoms with Crippen molar-refractivity contribution in [2.75, 3.05) is 13.2 Å². The first-order valence-corrected chi connectivity index (χ1v) is 9.17. The molecule has 2 aliphatic carbocycles. The number of carbonyl (C=O) groups is 3. The fourth-order valence-corrected chi connectivity index (χ4v) is 4.10. The first kappa shape index (κ1) is 18.6. The van der Waals surface area contributed by atoms with Crippen LogP contribution >= 0.6 is 11.6 Å². The number of halogens is 1. The van der Waals surface area contributed by atoms with Crippen LogP contribution in [0.5, 0.6) is 0 Å². The molecule has 0 amide bonds. The van der Waals surface area contributed by atoms with E-state index in [0.717, 1.165) is 11.1 Å². The Balaban J connectivity index is 2.03. The number of fused-ring (bicyclic) bond motifs is 1. The second-order valence-electron chi connectivity index (χ2n) is 6.64. The van der Waals surface area contributed by atoms with Crippen LogP contribution in [0.4, 0.5) is 0 Å². The van der Waals surface area contributed by atoms with Gasteiger partial charge in [-0.15, -0.1) is 0 Å². The summed E-state index contributed by atoms with van der Waals surface area (Å²) in [4.78, 5) is 37.8. The van der Waals surface area contributed by atoms with Crippen molar-refractivity contribution in [1.29, 1.82) is 0 Å². The van der Waals surface area contributed by atoms with Crippen molar-refractivity contribution >= 4 is 34.9 Å². The standard InChI is InChI=1S/C20H21ClO5/c1-3-25-18(23)20(19(24)26-4-2)10-13-9-16(22)17(15(13)11-20)12-5-7-14(21)8-6-12/h5-8,13H,3-4,9-11H2,1-2H3. The van der Waals surface area contributed by atoms with Gasteiger partial charge in [0.2, 0.25) is 0 Å². The van der Waals surface area contributed by atoms with E-state index in [1.54, 1.807) is 38.1 Å². The molecule has 0 radical (unpaired) electrons. The molecule has 0 saturated heterocycles. The van der Waals surface area contributed by atoms with Crippen LogP contribution in [0.2, 0.25) is 5.02 Å². The van der Waals surface area contributed by atoms with Crippen LogP contribution in [0.1, 0.15) is 38.7 Å². The average Bonchev–Trinajstić information content (AvgIpc) is 3.11. The fraction of sp³-hybridized carbons (Fsp3) is 0.450. The van der Waals surface area contributed by atoms with Gasteiger partial charge in [-0.1, -0.05) is 29.3 Å². The van der Waals surface area contributed by atoms with E-state index in [1.807, 2.05) is 0 Å². The van der Waals surface area contributed by atoms with Crippen molar-refractivity contribution in [1.82, 2.24) is 0 Å². The van der Waals surface area contributed by atoms with Crippen LogP contribution in [0.3, 0.4) is 0 Å². The number of esters is 2. The summed E-state index contributed by atoms with van der Waals surface area (Å²) in [5.41, 5.74) is 0.852. The summed E-state index contributed by atoms with van der Waals surface area (Å²) in [5, 5.41) is 0.583. The van der Waals surface area contributed by atoms with E-state index >= 15 is 0 Å². The molecular weight excluding hydrogens is 356 g/mol. The van der Waals surface area contributed by atoms with Crippen LogP contribution in [0.25, 0.3) is 5.57 Å². The van der Waals surface area contributed by atoms with Crippen molar-refractivity contribution in [3.63, 3.8) is 0 Å². The molecule has 0 bridgehead atoms. The Morgan fingerprint density at radius 3 is 2.23 bits per heavy atom. The lowest BCUT2D eigenvalue weighted by molar-refractivity contribution is -0.171. The zero-order valence-corrected chi connectivity index (χ0v) is 15.6. The lowest BCUT2D eigenvalue weighted by Gasteiger charge is -2.24. The Labute approximate surface area is 157 Å². The van der Waals surface area contributed by atoms with E-state index in [0.29, 0.717) is 17.0 Å². The van der Waals surface area contributed by atoms with Crippen LogP contribution in [0.15, 0.2) is 29.8 Å². The van der Waals surface area contributed by atoms with Gasteiger partial charge in [0, 0.05) is 17.0 Å². The molecule has 2 aliphatic rings. The van der Waals surface area contributed by atoms with E-state index in [9.17, 15) is 14.4 Å². The molecule has 1 atom stereocenters.